The summed E-state index contributed by atoms with van der Waals surface area (Å²) in [6.07, 6.45) is 1.29. The van der Waals surface area contributed by atoms with Crippen LogP contribution < -0.4 is 9.73 Å². The molecule has 0 radical (unpaired) electrons. The minimum atomic E-state index is -5.60. The van der Waals surface area contributed by atoms with Crippen molar-refractivity contribution >= 4 is 38.7 Å². The number of anilines is 2. The number of sulfonamides is 1. The van der Waals surface area contributed by atoms with Gasteiger partial charge in [0.2, 0.25) is 0 Å². The van der Waals surface area contributed by atoms with Crippen LogP contribution in [0.25, 0.3) is 0 Å². The predicted octanol–water partition coefficient (Wildman–Crippen LogP) is 4.63. The van der Waals surface area contributed by atoms with Gasteiger partial charge in [-0.05, 0) is 36.4 Å². The molecule has 0 aliphatic heterocycles. The first kappa shape index (κ1) is 20.8. The maximum atomic E-state index is 12.7. The monoisotopic (exact) mass is 417 g/mol. The molecule has 0 amide bonds. The lowest BCUT2D eigenvalue weighted by Gasteiger charge is -2.17. The molecule has 0 heterocycles. The van der Waals surface area contributed by atoms with E-state index in [1.165, 1.54) is 27.9 Å². The molecule has 0 aliphatic rings. The van der Waals surface area contributed by atoms with E-state index in [1.54, 1.807) is 31.3 Å². The molecule has 5 nitrogen and oxygen atoms in total. The van der Waals surface area contributed by atoms with E-state index in [0.29, 0.717) is 5.69 Å². The highest BCUT2D eigenvalue weighted by atomic mass is 35.5. The third-order valence-corrected chi connectivity index (χ3v) is 4.72. The smallest absolute Gasteiger partial charge is 0.275 e. The van der Waals surface area contributed by atoms with E-state index in [9.17, 15) is 21.6 Å². The molecule has 0 aromatic heterocycles. The van der Waals surface area contributed by atoms with E-state index in [1.807, 2.05) is 6.07 Å². The van der Waals surface area contributed by atoms with Crippen molar-refractivity contribution in [1.82, 2.24) is 0 Å². The standard InChI is InChI=1S/C17H15ClF3N3O2S/c1-3-15(22-24(2)13-7-5-4-6-8-13)14-11-12(18)9-10-16(14)23-27(25,26)17(19,20)21/h3-11,23H,1H2,2H3/b22-15+. The van der Waals surface area contributed by atoms with Crippen molar-refractivity contribution in [3.05, 3.63) is 71.8 Å². The van der Waals surface area contributed by atoms with Gasteiger partial charge in [0, 0.05) is 17.6 Å². The number of hydrogen-bond acceptors (Lipinski definition) is 4. The maximum absolute atomic E-state index is 12.7. The van der Waals surface area contributed by atoms with E-state index in [0.717, 1.165) is 6.07 Å². The second-order valence-electron chi connectivity index (χ2n) is 5.29. The first-order valence-electron chi connectivity index (χ1n) is 7.44. The molecule has 0 aliphatic carbocycles. The Bertz CT molecular complexity index is 961. The van der Waals surface area contributed by atoms with Gasteiger partial charge in [-0.25, -0.2) is 0 Å². The summed E-state index contributed by atoms with van der Waals surface area (Å²) in [5.74, 6) is 0. The molecule has 2 aromatic rings. The van der Waals surface area contributed by atoms with Gasteiger partial charge < -0.3 is 0 Å². The molecule has 0 spiro atoms. The zero-order chi connectivity index (χ0) is 20.2. The Hall–Kier alpha value is -2.52. The van der Waals surface area contributed by atoms with Crippen LogP contribution in [0, 0.1) is 0 Å². The molecule has 10 heteroatoms. The van der Waals surface area contributed by atoms with Gasteiger partial charge in [-0.3, -0.25) is 9.73 Å². The van der Waals surface area contributed by atoms with Gasteiger partial charge in [-0.1, -0.05) is 36.4 Å². The molecule has 27 heavy (non-hydrogen) atoms. The Morgan fingerprint density at radius 3 is 2.41 bits per heavy atom. The number of hydrogen-bond donors (Lipinski definition) is 1. The number of alkyl halides is 3. The Morgan fingerprint density at radius 2 is 1.85 bits per heavy atom. The number of rotatable bonds is 6. The van der Waals surface area contributed by atoms with Crippen LogP contribution in [-0.2, 0) is 10.0 Å². The van der Waals surface area contributed by atoms with Crippen molar-refractivity contribution < 1.29 is 21.6 Å². The Balaban J connectivity index is 2.51. The molecule has 2 rings (SSSR count). The van der Waals surface area contributed by atoms with Gasteiger partial charge >= 0.3 is 15.5 Å². The molecule has 0 saturated carbocycles. The third kappa shape index (κ3) is 5.01. The van der Waals surface area contributed by atoms with Gasteiger partial charge in [0.25, 0.3) is 0 Å². The lowest BCUT2D eigenvalue weighted by molar-refractivity contribution is -0.0429. The van der Waals surface area contributed by atoms with E-state index in [2.05, 4.69) is 11.7 Å². The number of allylic oxidation sites excluding steroid dienone is 1. The Morgan fingerprint density at radius 1 is 1.22 bits per heavy atom. The summed E-state index contributed by atoms with van der Waals surface area (Å²) >= 11 is 5.93. The summed E-state index contributed by atoms with van der Waals surface area (Å²) in [5, 5.41) is 5.95. The number of para-hydroxylation sites is 1. The quantitative estimate of drug-likeness (QED) is 0.550. The van der Waals surface area contributed by atoms with E-state index in [4.69, 9.17) is 11.6 Å². The number of nitrogens with zero attached hydrogens (tertiary/aromatic N) is 2. The molecule has 2 aromatic carbocycles. The van der Waals surface area contributed by atoms with Gasteiger partial charge in [0.15, 0.2) is 0 Å². The molecule has 0 bridgehead atoms. The average Bonchev–Trinajstić information content (AvgIpc) is 2.60. The number of nitrogens with one attached hydrogen (secondary N) is 1. The third-order valence-electron chi connectivity index (χ3n) is 3.39. The number of benzene rings is 2. The van der Waals surface area contributed by atoms with Crippen molar-refractivity contribution in [2.75, 3.05) is 16.8 Å². The Kier molecular flexibility index (Phi) is 6.17. The fourth-order valence-electron chi connectivity index (χ4n) is 2.09. The first-order valence-corrected chi connectivity index (χ1v) is 9.30. The van der Waals surface area contributed by atoms with Crippen LogP contribution in [0.3, 0.4) is 0 Å². The molecule has 0 fully saturated rings. The van der Waals surface area contributed by atoms with Crippen LogP contribution >= 0.6 is 11.6 Å². The highest BCUT2D eigenvalue weighted by Crippen LogP contribution is 2.29. The van der Waals surface area contributed by atoms with Crippen LogP contribution in [0.2, 0.25) is 5.02 Å². The minimum Gasteiger partial charge on any atom is -0.275 e. The minimum absolute atomic E-state index is 0.0492. The van der Waals surface area contributed by atoms with Crippen LogP contribution in [0.4, 0.5) is 24.5 Å². The molecule has 0 saturated heterocycles. The van der Waals surface area contributed by atoms with Crippen LogP contribution in [0.5, 0.6) is 0 Å². The van der Waals surface area contributed by atoms with Crippen LogP contribution in [-0.4, -0.2) is 26.7 Å². The summed E-state index contributed by atoms with van der Waals surface area (Å²) in [4.78, 5) is 0. The summed E-state index contributed by atoms with van der Waals surface area (Å²) in [5.41, 5.74) is -4.90. The molecular formula is C17H15ClF3N3O2S. The zero-order valence-corrected chi connectivity index (χ0v) is 15.6. The lowest BCUT2D eigenvalue weighted by atomic mass is 10.1. The van der Waals surface area contributed by atoms with Crippen LogP contribution in [0.15, 0.2) is 66.3 Å². The fraction of sp³-hybridized carbons (Fsp3) is 0.118. The second-order valence-corrected chi connectivity index (χ2v) is 7.40. The normalized spacial score (nSPS) is 12.6. The van der Waals surface area contributed by atoms with Gasteiger partial charge in [-0.15, -0.1) is 0 Å². The molecular weight excluding hydrogens is 403 g/mol. The second kappa shape index (κ2) is 8.01. The summed E-state index contributed by atoms with van der Waals surface area (Å²) in [6.45, 7) is 3.60. The molecule has 1 N–H and O–H groups in total. The lowest BCUT2D eigenvalue weighted by Crippen LogP contribution is -2.30. The summed E-state index contributed by atoms with van der Waals surface area (Å²) in [6, 6.07) is 12.6. The van der Waals surface area contributed by atoms with Crippen molar-refractivity contribution in [3.63, 3.8) is 0 Å². The molecule has 0 unspecified atom stereocenters. The fourth-order valence-corrected chi connectivity index (χ4v) is 2.84. The highest BCUT2D eigenvalue weighted by molar-refractivity contribution is 7.93. The van der Waals surface area contributed by atoms with E-state index >= 15 is 0 Å². The summed E-state index contributed by atoms with van der Waals surface area (Å²) < 4.78 is 62.6. The topological polar surface area (TPSA) is 61.8 Å². The Labute approximate surface area is 159 Å². The van der Waals surface area contributed by atoms with E-state index < -0.39 is 15.5 Å². The van der Waals surface area contributed by atoms with Crippen molar-refractivity contribution in [1.29, 1.82) is 0 Å². The van der Waals surface area contributed by atoms with Gasteiger partial charge in [-0.2, -0.15) is 26.7 Å². The first-order chi connectivity index (χ1) is 12.5. The van der Waals surface area contributed by atoms with Crippen molar-refractivity contribution in [2.24, 2.45) is 5.10 Å². The maximum Gasteiger partial charge on any atom is 0.516 e. The van der Waals surface area contributed by atoms with Gasteiger partial charge in [0.1, 0.15) is 0 Å². The highest BCUT2D eigenvalue weighted by Gasteiger charge is 2.46. The SMILES string of the molecule is C=C/C(=N\N(C)c1ccccc1)c1cc(Cl)ccc1NS(=O)(=O)C(F)(F)F. The predicted molar refractivity (Wildman–Crippen MR) is 102 cm³/mol. The summed E-state index contributed by atoms with van der Waals surface area (Å²) in [7, 11) is -3.98. The molecule has 144 valence electrons. The zero-order valence-electron chi connectivity index (χ0n) is 14.0. The van der Waals surface area contributed by atoms with Crippen molar-refractivity contribution in [3.8, 4) is 0 Å². The van der Waals surface area contributed by atoms with Gasteiger partial charge in [0.05, 0.1) is 17.1 Å². The number of hydrazone groups is 1. The van der Waals surface area contributed by atoms with E-state index in [-0.39, 0.29) is 22.0 Å². The average molecular weight is 418 g/mol. The van der Waals surface area contributed by atoms with Crippen LogP contribution in [0.1, 0.15) is 5.56 Å². The number of halogens is 4. The molecule has 0 atom stereocenters. The van der Waals surface area contributed by atoms with Crippen molar-refractivity contribution in [2.45, 2.75) is 5.51 Å². The largest absolute Gasteiger partial charge is 0.516 e.